The quantitative estimate of drug-likeness (QED) is 0.608. The van der Waals surface area contributed by atoms with Gasteiger partial charge in [-0.1, -0.05) is 24.0 Å². The van der Waals surface area contributed by atoms with Crippen LogP contribution in [0, 0.1) is 24.7 Å². The maximum Gasteiger partial charge on any atom is 0.255 e. The van der Waals surface area contributed by atoms with Gasteiger partial charge in [-0.05, 0) is 42.5 Å². The summed E-state index contributed by atoms with van der Waals surface area (Å²) in [5, 5.41) is 5.55. The average Bonchev–Trinajstić information content (AvgIpc) is 2.73. The summed E-state index contributed by atoms with van der Waals surface area (Å²) in [5.74, 6) is 4.30. The van der Waals surface area contributed by atoms with Gasteiger partial charge in [0, 0.05) is 45.8 Å². The molecular formula is C24H18N3O2+. The van der Waals surface area contributed by atoms with Crippen LogP contribution in [0.5, 0.6) is 0 Å². The van der Waals surface area contributed by atoms with Crippen LogP contribution >= 0.6 is 0 Å². The van der Waals surface area contributed by atoms with Crippen LogP contribution in [0.2, 0.25) is 0 Å². The molecule has 0 aliphatic rings. The molecule has 0 heterocycles. The number of benzene rings is 3. The Bertz CT molecular complexity index is 1090. The smallest absolute Gasteiger partial charge is 0.255 e. The SMILES string of the molecule is C#Cc1cccc(NC(=O)c2cc([NH3+])cc(C(=O)Nc3cccc(C#C)c3)c2)c1. The van der Waals surface area contributed by atoms with E-state index >= 15 is 0 Å². The van der Waals surface area contributed by atoms with E-state index in [9.17, 15) is 9.59 Å². The number of nitrogens with one attached hydrogen (secondary N) is 2. The highest BCUT2D eigenvalue weighted by atomic mass is 16.2. The first-order valence-electron chi connectivity index (χ1n) is 8.71. The van der Waals surface area contributed by atoms with Crippen LogP contribution in [-0.4, -0.2) is 11.8 Å². The van der Waals surface area contributed by atoms with Crippen molar-refractivity contribution >= 4 is 28.9 Å². The molecule has 3 rings (SSSR count). The van der Waals surface area contributed by atoms with Crippen LogP contribution in [0.25, 0.3) is 0 Å². The fourth-order valence-electron chi connectivity index (χ4n) is 2.73. The molecule has 3 aromatic rings. The normalized spacial score (nSPS) is 9.76. The van der Waals surface area contributed by atoms with Crippen LogP contribution in [0.15, 0.2) is 66.7 Å². The van der Waals surface area contributed by atoms with E-state index in [0.717, 1.165) is 0 Å². The highest BCUT2D eigenvalue weighted by molar-refractivity contribution is 6.09. The number of rotatable bonds is 4. The molecule has 0 fully saturated rings. The van der Waals surface area contributed by atoms with Crippen molar-refractivity contribution in [3.63, 3.8) is 0 Å². The van der Waals surface area contributed by atoms with Crippen molar-refractivity contribution in [1.82, 2.24) is 0 Å². The minimum Gasteiger partial charge on any atom is -0.325 e. The Morgan fingerprint density at radius 3 is 1.59 bits per heavy atom. The Morgan fingerprint density at radius 2 is 1.17 bits per heavy atom. The second-order valence-corrected chi connectivity index (χ2v) is 6.28. The third kappa shape index (κ3) is 4.90. The van der Waals surface area contributed by atoms with Crippen LogP contribution in [0.1, 0.15) is 31.8 Å². The summed E-state index contributed by atoms with van der Waals surface area (Å²) < 4.78 is 0. The first kappa shape index (κ1) is 19.4. The standard InChI is InChI=1S/C24H17N3O2/c1-3-16-7-5-9-21(11-16)26-23(28)18-13-19(15-20(25)14-18)24(29)27-22-10-6-8-17(4-2)12-22/h1-2,5-15H,25H2,(H,26,28)(H,27,29)/p+1. The summed E-state index contributed by atoms with van der Waals surface area (Å²) in [6, 6.07) is 18.6. The van der Waals surface area contributed by atoms with Crippen LogP contribution in [-0.2, 0) is 0 Å². The predicted octanol–water partition coefficient (Wildman–Crippen LogP) is 3.03. The van der Waals surface area contributed by atoms with Gasteiger partial charge in [-0.25, -0.2) is 0 Å². The zero-order valence-corrected chi connectivity index (χ0v) is 15.5. The van der Waals surface area contributed by atoms with Crippen LogP contribution < -0.4 is 16.4 Å². The van der Waals surface area contributed by atoms with E-state index in [0.29, 0.717) is 39.3 Å². The summed E-state index contributed by atoms with van der Waals surface area (Å²) in [7, 11) is 0. The molecule has 0 bridgehead atoms. The van der Waals surface area contributed by atoms with E-state index in [-0.39, 0.29) is 11.8 Å². The van der Waals surface area contributed by atoms with Gasteiger partial charge in [-0.2, -0.15) is 0 Å². The first-order chi connectivity index (χ1) is 14.0. The largest absolute Gasteiger partial charge is 0.325 e. The Morgan fingerprint density at radius 1 is 0.724 bits per heavy atom. The molecule has 140 valence electrons. The summed E-state index contributed by atoms with van der Waals surface area (Å²) in [4.78, 5) is 25.3. The molecule has 0 saturated carbocycles. The maximum atomic E-state index is 12.6. The Hall–Kier alpha value is -4.32. The zero-order valence-electron chi connectivity index (χ0n) is 15.5. The lowest BCUT2D eigenvalue weighted by atomic mass is 10.1. The van der Waals surface area contributed by atoms with Crippen molar-refractivity contribution in [1.29, 1.82) is 0 Å². The Kier molecular flexibility index (Phi) is 5.75. The average molecular weight is 380 g/mol. The number of terminal acetylenes is 2. The van der Waals surface area contributed by atoms with E-state index in [1.165, 1.54) is 6.07 Å². The van der Waals surface area contributed by atoms with E-state index in [4.69, 9.17) is 12.8 Å². The van der Waals surface area contributed by atoms with Gasteiger partial charge >= 0.3 is 0 Å². The maximum absolute atomic E-state index is 12.6. The van der Waals surface area contributed by atoms with Crippen molar-refractivity contribution in [2.45, 2.75) is 0 Å². The molecule has 0 aromatic heterocycles. The van der Waals surface area contributed by atoms with Crippen molar-refractivity contribution in [2.75, 3.05) is 10.6 Å². The zero-order chi connectivity index (χ0) is 20.8. The van der Waals surface area contributed by atoms with E-state index in [1.54, 1.807) is 60.7 Å². The predicted molar refractivity (Wildman–Crippen MR) is 114 cm³/mol. The van der Waals surface area contributed by atoms with E-state index in [1.807, 2.05) is 0 Å². The van der Waals surface area contributed by atoms with E-state index in [2.05, 4.69) is 28.2 Å². The van der Waals surface area contributed by atoms with E-state index < -0.39 is 0 Å². The number of carbonyl (C=O) groups excluding carboxylic acids is 2. The van der Waals surface area contributed by atoms with Crippen molar-refractivity contribution < 1.29 is 15.3 Å². The number of quaternary nitrogens is 1. The lowest BCUT2D eigenvalue weighted by Crippen LogP contribution is -2.40. The highest BCUT2D eigenvalue weighted by Crippen LogP contribution is 2.17. The van der Waals surface area contributed by atoms with Gasteiger partial charge in [0.25, 0.3) is 11.8 Å². The molecule has 0 aliphatic heterocycles. The molecule has 0 spiro atoms. The van der Waals surface area contributed by atoms with Gasteiger partial charge in [-0.15, -0.1) is 12.8 Å². The van der Waals surface area contributed by atoms with Gasteiger partial charge in [-0.3, -0.25) is 9.59 Å². The molecule has 5 nitrogen and oxygen atoms in total. The monoisotopic (exact) mass is 380 g/mol. The van der Waals surface area contributed by atoms with Gasteiger partial charge in [0.2, 0.25) is 0 Å². The highest BCUT2D eigenvalue weighted by Gasteiger charge is 2.14. The third-order valence-electron chi connectivity index (χ3n) is 4.09. The minimum atomic E-state index is -0.368. The Labute approximate surface area is 168 Å². The first-order valence-corrected chi connectivity index (χ1v) is 8.71. The molecule has 3 aromatic carbocycles. The molecule has 0 aliphatic carbocycles. The van der Waals surface area contributed by atoms with Gasteiger partial charge < -0.3 is 16.4 Å². The van der Waals surface area contributed by atoms with Crippen molar-refractivity contribution in [3.8, 4) is 24.7 Å². The number of anilines is 2. The fourth-order valence-corrected chi connectivity index (χ4v) is 2.73. The second kappa shape index (κ2) is 8.58. The molecule has 0 radical (unpaired) electrons. The van der Waals surface area contributed by atoms with Gasteiger partial charge in [0.1, 0.15) is 5.69 Å². The number of hydrogen-bond donors (Lipinski definition) is 3. The molecule has 0 saturated heterocycles. The molecule has 5 heteroatoms. The summed E-state index contributed by atoms with van der Waals surface area (Å²) in [6.07, 6.45) is 10.8. The third-order valence-corrected chi connectivity index (χ3v) is 4.09. The van der Waals surface area contributed by atoms with Crippen LogP contribution in [0.3, 0.4) is 0 Å². The molecule has 29 heavy (non-hydrogen) atoms. The number of amides is 2. The molecule has 0 atom stereocenters. The molecular weight excluding hydrogens is 362 g/mol. The van der Waals surface area contributed by atoms with Crippen LogP contribution in [0.4, 0.5) is 17.1 Å². The lowest BCUT2D eigenvalue weighted by molar-refractivity contribution is -0.254. The number of hydrogen-bond acceptors (Lipinski definition) is 2. The van der Waals surface area contributed by atoms with Crippen molar-refractivity contribution in [3.05, 3.63) is 89.0 Å². The van der Waals surface area contributed by atoms with Crippen molar-refractivity contribution in [2.24, 2.45) is 0 Å². The molecule has 0 unspecified atom stereocenters. The van der Waals surface area contributed by atoms with Gasteiger partial charge in [0.15, 0.2) is 0 Å². The molecule has 5 N–H and O–H groups in total. The summed E-state index contributed by atoms with van der Waals surface area (Å²) >= 11 is 0. The topological polar surface area (TPSA) is 85.8 Å². The second-order valence-electron chi connectivity index (χ2n) is 6.28. The lowest BCUT2D eigenvalue weighted by Gasteiger charge is -2.09. The van der Waals surface area contributed by atoms with Gasteiger partial charge in [0.05, 0.1) is 0 Å². The molecule has 2 amide bonds. The fraction of sp³-hybridized carbons (Fsp3) is 0. The summed E-state index contributed by atoms with van der Waals surface area (Å²) in [5.41, 5.74) is 7.47. The minimum absolute atomic E-state index is 0.311. The Balaban J connectivity index is 1.81. The summed E-state index contributed by atoms with van der Waals surface area (Å²) in [6.45, 7) is 0. The number of carbonyl (C=O) groups is 2.